The van der Waals surface area contributed by atoms with Crippen LogP contribution < -0.4 is 10.6 Å². The van der Waals surface area contributed by atoms with E-state index in [4.69, 9.17) is 0 Å². The van der Waals surface area contributed by atoms with E-state index in [2.05, 4.69) is 41.8 Å². The maximum absolute atomic E-state index is 12.3. The van der Waals surface area contributed by atoms with Crippen molar-refractivity contribution >= 4 is 5.91 Å². The Morgan fingerprint density at radius 3 is 2.75 bits per heavy atom. The first-order valence-electron chi connectivity index (χ1n) is 7.81. The van der Waals surface area contributed by atoms with Gasteiger partial charge in [0.25, 0.3) is 0 Å². The van der Waals surface area contributed by atoms with Gasteiger partial charge in [0, 0.05) is 12.6 Å². The normalized spacial score (nSPS) is 28.9. The second kappa shape index (κ2) is 5.96. The number of carbonyl (C=O) groups is 1. The molecule has 0 bridgehead atoms. The molecule has 3 heteroatoms. The van der Waals surface area contributed by atoms with Crippen molar-refractivity contribution in [1.29, 1.82) is 0 Å². The first-order valence-corrected chi connectivity index (χ1v) is 7.81. The van der Waals surface area contributed by atoms with Crippen LogP contribution in [0.2, 0.25) is 0 Å². The van der Waals surface area contributed by atoms with Gasteiger partial charge in [-0.05, 0) is 37.7 Å². The molecule has 1 saturated carbocycles. The maximum atomic E-state index is 12.3. The molecule has 20 heavy (non-hydrogen) atoms. The van der Waals surface area contributed by atoms with E-state index in [1.54, 1.807) is 0 Å². The predicted molar refractivity (Wildman–Crippen MR) is 80.3 cm³/mol. The van der Waals surface area contributed by atoms with Crippen LogP contribution in [0.3, 0.4) is 0 Å². The zero-order chi connectivity index (χ0) is 13.9. The van der Waals surface area contributed by atoms with Crippen molar-refractivity contribution < 1.29 is 4.79 Å². The van der Waals surface area contributed by atoms with E-state index >= 15 is 0 Å². The molecule has 3 nitrogen and oxygen atoms in total. The number of benzene rings is 1. The molecule has 3 rings (SSSR count). The predicted octanol–water partition coefficient (Wildman–Crippen LogP) is 2.53. The van der Waals surface area contributed by atoms with E-state index in [9.17, 15) is 4.79 Å². The average Bonchev–Trinajstić information content (AvgIpc) is 2.90. The lowest BCUT2D eigenvalue weighted by molar-refractivity contribution is -0.123. The molecule has 1 heterocycles. The number of rotatable bonds is 3. The molecule has 0 aromatic heterocycles. The summed E-state index contributed by atoms with van der Waals surface area (Å²) in [5, 5.41) is 6.59. The highest BCUT2D eigenvalue weighted by Crippen LogP contribution is 2.33. The summed E-state index contributed by atoms with van der Waals surface area (Å²) in [5.74, 6) is 0.888. The molecular formula is C17H24N2O. The largest absolute Gasteiger partial charge is 0.351 e. The minimum Gasteiger partial charge on any atom is -0.351 e. The minimum atomic E-state index is 0.0218. The van der Waals surface area contributed by atoms with Gasteiger partial charge in [0.05, 0.1) is 6.04 Å². The van der Waals surface area contributed by atoms with E-state index < -0.39 is 0 Å². The van der Waals surface area contributed by atoms with Gasteiger partial charge < -0.3 is 10.6 Å². The van der Waals surface area contributed by atoms with Gasteiger partial charge in [-0.2, -0.15) is 0 Å². The van der Waals surface area contributed by atoms with Crippen molar-refractivity contribution in [2.75, 3.05) is 0 Å². The second-order valence-electron chi connectivity index (χ2n) is 6.31. The molecule has 1 aliphatic carbocycles. The molecule has 1 amide bonds. The molecule has 3 unspecified atom stereocenters. The molecule has 108 valence electrons. The van der Waals surface area contributed by atoms with Crippen molar-refractivity contribution in [2.24, 2.45) is 5.92 Å². The van der Waals surface area contributed by atoms with Crippen LogP contribution in [-0.4, -0.2) is 18.0 Å². The lowest BCUT2D eigenvalue weighted by Crippen LogP contribution is -2.42. The lowest BCUT2D eigenvalue weighted by atomic mass is 9.85. The number of hydrogen-bond donors (Lipinski definition) is 2. The number of amides is 1. The number of aryl methyl sites for hydroxylation is 1. The fourth-order valence-electron chi connectivity index (χ4n) is 3.54. The molecule has 0 radical (unpaired) electrons. The first kappa shape index (κ1) is 13.6. The molecule has 2 aliphatic rings. The van der Waals surface area contributed by atoms with Crippen LogP contribution in [0.5, 0.6) is 0 Å². The topological polar surface area (TPSA) is 41.1 Å². The molecule has 1 aliphatic heterocycles. The van der Waals surface area contributed by atoms with E-state index in [1.807, 2.05) is 0 Å². The highest BCUT2D eigenvalue weighted by Gasteiger charge is 2.37. The first-order chi connectivity index (χ1) is 9.72. The summed E-state index contributed by atoms with van der Waals surface area (Å²) in [6.07, 6.45) is 6.20. The van der Waals surface area contributed by atoms with Gasteiger partial charge in [-0.25, -0.2) is 0 Å². The highest BCUT2D eigenvalue weighted by molar-refractivity contribution is 5.82. The van der Waals surface area contributed by atoms with Crippen molar-refractivity contribution in [3.8, 4) is 0 Å². The van der Waals surface area contributed by atoms with Gasteiger partial charge in [-0.15, -0.1) is 0 Å². The fourth-order valence-corrected chi connectivity index (χ4v) is 3.54. The summed E-state index contributed by atoms with van der Waals surface area (Å²) in [4.78, 5) is 12.3. The molecule has 0 spiro atoms. The molecule has 3 atom stereocenters. The number of hydrogen-bond acceptors (Lipinski definition) is 2. The average molecular weight is 272 g/mol. The minimum absolute atomic E-state index is 0.0218. The standard InChI is InChI=1S/C17H24N2O/c1-12-6-8-13(9-7-12)11-18-17(20)16-10-14-4-2-3-5-15(14)19-16/h6-9,14-16,19H,2-5,10-11H2,1H3,(H,18,20). The van der Waals surface area contributed by atoms with E-state index in [0.717, 1.165) is 12.3 Å². The Morgan fingerprint density at radius 2 is 2.00 bits per heavy atom. The number of fused-ring (bicyclic) bond motifs is 1. The van der Waals surface area contributed by atoms with Crippen LogP contribution in [0.15, 0.2) is 24.3 Å². The Morgan fingerprint density at radius 1 is 1.25 bits per heavy atom. The van der Waals surface area contributed by atoms with Crippen molar-refractivity contribution in [3.05, 3.63) is 35.4 Å². The quantitative estimate of drug-likeness (QED) is 0.888. The molecule has 2 fully saturated rings. The van der Waals surface area contributed by atoms with E-state index in [1.165, 1.54) is 36.8 Å². The Bertz CT molecular complexity index is 454. The maximum Gasteiger partial charge on any atom is 0.237 e. The molecule has 2 N–H and O–H groups in total. The summed E-state index contributed by atoms with van der Waals surface area (Å²) in [6.45, 7) is 2.71. The SMILES string of the molecule is Cc1ccc(CNC(=O)C2CC3CCCCC3N2)cc1. The monoisotopic (exact) mass is 272 g/mol. The van der Waals surface area contributed by atoms with E-state index in [0.29, 0.717) is 12.6 Å². The van der Waals surface area contributed by atoms with Crippen molar-refractivity contribution in [1.82, 2.24) is 10.6 Å². The summed E-state index contributed by atoms with van der Waals surface area (Å²) < 4.78 is 0. The lowest BCUT2D eigenvalue weighted by Gasteiger charge is -2.24. The van der Waals surface area contributed by atoms with Crippen LogP contribution in [0.4, 0.5) is 0 Å². The number of nitrogens with one attached hydrogen (secondary N) is 2. The third-order valence-corrected chi connectivity index (χ3v) is 4.77. The van der Waals surface area contributed by atoms with Gasteiger partial charge >= 0.3 is 0 Å². The molecule has 1 saturated heterocycles. The van der Waals surface area contributed by atoms with Gasteiger partial charge in [0.2, 0.25) is 5.91 Å². The Labute approximate surface area is 121 Å². The summed E-state index contributed by atoms with van der Waals surface area (Å²) in [7, 11) is 0. The molecule has 1 aromatic carbocycles. The zero-order valence-electron chi connectivity index (χ0n) is 12.2. The van der Waals surface area contributed by atoms with Crippen LogP contribution in [0.25, 0.3) is 0 Å². The summed E-state index contributed by atoms with van der Waals surface area (Å²) in [5.41, 5.74) is 2.42. The van der Waals surface area contributed by atoms with Crippen LogP contribution in [-0.2, 0) is 11.3 Å². The zero-order valence-corrected chi connectivity index (χ0v) is 12.2. The van der Waals surface area contributed by atoms with Crippen molar-refractivity contribution in [3.63, 3.8) is 0 Å². The Hall–Kier alpha value is -1.35. The van der Waals surface area contributed by atoms with Gasteiger partial charge in [0.15, 0.2) is 0 Å². The Kier molecular flexibility index (Phi) is 4.06. The fraction of sp³-hybridized carbons (Fsp3) is 0.588. The number of carbonyl (C=O) groups excluding carboxylic acids is 1. The molecular weight excluding hydrogens is 248 g/mol. The summed E-state index contributed by atoms with van der Waals surface area (Å²) >= 11 is 0. The second-order valence-corrected chi connectivity index (χ2v) is 6.31. The van der Waals surface area contributed by atoms with Crippen LogP contribution in [0, 0.1) is 12.8 Å². The van der Waals surface area contributed by atoms with Gasteiger partial charge in [0.1, 0.15) is 0 Å². The van der Waals surface area contributed by atoms with Crippen LogP contribution >= 0.6 is 0 Å². The third kappa shape index (κ3) is 3.04. The third-order valence-electron chi connectivity index (χ3n) is 4.77. The summed E-state index contributed by atoms with van der Waals surface area (Å²) in [6, 6.07) is 8.94. The van der Waals surface area contributed by atoms with Crippen molar-refractivity contribution in [2.45, 2.75) is 57.7 Å². The molecule has 1 aromatic rings. The van der Waals surface area contributed by atoms with Crippen LogP contribution in [0.1, 0.15) is 43.2 Å². The van der Waals surface area contributed by atoms with Gasteiger partial charge in [-0.1, -0.05) is 42.7 Å². The Balaban J connectivity index is 1.51. The highest BCUT2D eigenvalue weighted by atomic mass is 16.2. The van der Waals surface area contributed by atoms with E-state index in [-0.39, 0.29) is 11.9 Å². The smallest absolute Gasteiger partial charge is 0.237 e. The van der Waals surface area contributed by atoms with Gasteiger partial charge in [-0.3, -0.25) is 4.79 Å².